The van der Waals surface area contributed by atoms with Crippen LogP contribution in [0.1, 0.15) is 123 Å². The van der Waals surface area contributed by atoms with Crippen molar-refractivity contribution in [3.63, 3.8) is 0 Å². The van der Waals surface area contributed by atoms with E-state index >= 15 is 0 Å². The number of fused-ring (bicyclic) bond motifs is 3. The summed E-state index contributed by atoms with van der Waals surface area (Å²) >= 11 is 0. The van der Waals surface area contributed by atoms with Gasteiger partial charge >= 0.3 is 18.2 Å². The summed E-state index contributed by atoms with van der Waals surface area (Å²) < 4.78 is 117. The molecule has 16 nitrogen and oxygen atoms in total. The molecule has 6 rings (SSSR count). The Kier molecular flexibility index (Phi) is 13.3. The van der Waals surface area contributed by atoms with Crippen molar-refractivity contribution in [2.75, 3.05) is 6.54 Å². The molecule has 364 valence electrons. The zero-order chi connectivity index (χ0) is 49.2. The van der Waals surface area contributed by atoms with Crippen molar-refractivity contribution in [1.29, 1.82) is 0 Å². The van der Waals surface area contributed by atoms with Crippen LogP contribution in [0.4, 0.5) is 26.7 Å². The van der Waals surface area contributed by atoms with Crippen LogP contribution in [0.2, 0.25) is 0 Å². The molecule has 0 unspecified atom stereocenters. The van der Waals surface area contributed by atoms with Gasteiger partial charge in [-0.25, -0.2) is 36.8 Å². The Labute approximate surface area is 379 Å². The predicted octanol–water partition coefficient (Wildman–Crippen LogP) is 6.37. The lowest BCUT2D eigenvalue weighted by molar-refractivity contribution is -0.152. The Bertz CT molecular complexity index is 2420. The fourth-order valence-electron chi connectivity index (χ4n) is 8.00. The lowest BCUT2D eigenvalue weighted by Crippen LogP contribution is -2.59. The highest BCUT2D eigenvalue weighted by atomic mass is 32.2. The smallest absolute Gasteiger partial charge is 0.438 e. The van der Waals surface area contributed by atoms with Crippen LogP contribution in [0.25, 0.3) is 11.0 Å². The number of esters is 1. The molecular weight excluding hydrogens is 900 g/mol. The highest BCUT2D eigenvalue weighted by Gasteiger charge is 2.63. The normalized spacial score (nSPS) is 27.3. The number of benzene rings is 1. The van der Waals surface area contributed by atoms with Crippen molar-refractivity contribution in [1.82, 2.24) is 30.2 Å². The second kappa shape index (κ2) is 17.5. The molecule has 2 saturated carbocycles. The van der Waals surface area contributed by atoms with Gasteiger partial charge in [-0.1, -0.05) is 26.0 Å². The van der Waals surface area contributed by atoms with Crippen LogP contribution in [0.5, 0.6) is 5.88 Å². The number of ether oxygens (including phenoxy) is 3. The van der Waals surface area contributed by atoms with Crippen molar-refractivity contribution in [3.8, 4) is 5.88 Å². The molecule has 2 aliphatic heterocycles. The van der Waals surface area contributed by atoms with Gasteiger partial charge in [0.05, 0.1) is 27.9 Å². The van der Waals surface area contributed by atoms with E-state index in [1.54, 1.807) is 39.8 Å². The van der Waals surface area contributed by atoms with E-state index in [9.17, 15) is 54.3 Å². The first-order valence-corrected chi connectivity index (χ1v) is 23.3. The zero-order valence-corrected chi connectivity index (χ0v) is 39.0. The Balaban J connectivity index is 1.40. The lowest BCUT2D eigenvalue weighted by atomic mass is 9.88. The predicted molar refractivity (Wildman–Crippen MR) is 227 cm³/mol. The highest BCUT2D eigenvalue weighted by Crippen LogP contribution is 2.48. The van der Waals surface area contributed by atoms with Crippen molar-refractivity contribution in [3.05, 3.63) is 41.6 Å². The molecule has 3 fully saturated rings. The van der Waals surface area contributed by atoms with E-state index in [0.717, 1.165) is 24.8 Å². The molecule has 3 heterocycles. The van der Waals surface area contributed by atoms with Crippen molar-refractivity contribution >= 4 is 50.8 Å². The Morgan fingerprint density at radius 1 is 0.939 bits per heavy atom. The Hall–Kier alpha value is -5.15. The van der Waals surface area contributed by atoms with Crippen LogP contribution >= 0.6 is 0 Å². The maximum absolute atomic E-state index is 14.9. The summed E-state index contributed by atoms with van der Waals surface area (Å²) in [5, 5.41) is 5.07. The molecule has 66 heavy (non-hydrogen) atoms. The van der Waals surface area contributed by atoms with Crippen molar-refractivity contribution in [2.24, 2.45) is 17.8 Å². The third-order valence-electron chi connectivity index (χ3n) is 12.7. The summed E-state index contributed by atoms with van der Waals surface area (Å²) in [6.07, 6.45) is -3.12. The number of aromatic nitrogens is 2. The Morgan fingerprint density at radius 2 is 1.61 bits per heavy atom. The average molecular weight is 957 g/mol. The maximum atomic E-state index is 14.9. The summed E-state index contributed by atoms with van der Waals surface area (Å²) in [7, 11) is -4.19. The molecule has 4 aliphatic rings. The van der Waals surface area contributed by atoms with Gasteiger partial charge in [0.1, 0.15) is 29.3 Å². The van der Waals surface area contributed by atoms with Crippen LogP contribution in [-0.2, 0) is 40.1 Å². The van der Waals surface area contributed by atoms with E-state index in [2.05, 4.69) is 25.3 Å². The van der Waals surface area contributed by atoms with E-state index in [1.807, 2.05) is 6.92 Å². The molecule has 2 aliphatic carbocycles. The maximum Gasteiger partial charge on any atom is 0.438 e. The molecule has 22 heteroatoms. The molecule has 1 aromatic heterocycles. The summed E-state index contributed by atoms with van der Waals surface area (Å²) in [6.45, 7) is 11.8. The van der Waals surface area contributed by atoms with Crippen molar-refractivity contribution < 1.29 is 68.6 Å². The average Bonchev–Trinajstić information content (AvgIpc) is 4.06. The number of halogens is 5. The van der Waals surface area contributed by atoms with Crippen LogP contribution in [0.15, 0.2) is 30.4 Å². The fraction of sp³-hybridized carbons (Fsp3) is 0.659. The SMILES string of the molecule is C[C@@H]1CCC=C[C@@H]2C[C@@]2(C(=O)NS(=O)(=O)C2(C)CC2)NC(=O)[C@@H]2C[C@@H](Oc3nc4cc(C(=O)OC(C)(C)C)ccc4nc3C(F)(F)F)CN2C(=O)[C@@H](NC(=O)OC(C)(C)C(C)(F)F)[C@H](C)C1. The van der Waals surface area contributed by atoms with Crippen molar-refractivity contribution in [2.45, 2.75) is 159 Å². The first kappa shape index (κ1) is 50.3. The standard InChI is InChI=1S/C44H57F5N6O10S/c1-23-12-10-11-13-26-21-43(26,37(59)54-66(61,62)41(8)16-17-41)53-33(56)30-20-27(22-55(30)35(57)31(24(2)18-23)52-38(60)65-40(6,7)42(9,45)46)63-34-32(44(47,48)49)50-28-15-14-25(19-29(28)51-34)36(58)64-39(3,4)5/h11,13-15,19,23-24,26-27,30-31H,10,12,16-18,20-22H2,1-9H3,(H,52,60)(H,53,56)(H,54,59)/t23-,24-,26-,27-,30+,31+,43-/m1/s1. The van der Waals surface area contributed by atoms with Crippen LogP contribution in [0.3, 0.4) is 0 Å². The van der Waals surface area contributed by atoms with E-state index in [4.69, 9.17) is 14.2 Å². The van der Waals surface area contributed by atoms with E-state index in [1.165, 1.54) is 19.1 Å². The van der Waals surface area contributed by atoms with Gasteiger partial charge in [0, 0.05) is 19.3 Å². The number of nitrogens with one attached hydrogen (secondary N) is 3. The van der Waals surface area contributed by atoms with Gasteiger partial charge in [0.2, 0.25) is 33.4 Å². The molecule has 0 radical (unpaired) electrons. The molecule has 7 atom stereocenters. The number of allylic oxidation sites excluding steroid dienone is 1. The number of hydrogen-bond donors (Lipinski definition) is 3. The molecule has 1 aromatic carbocycles. The first-order valence-electron chi connectivity index (χ1n) is 21.8. The number of nitrogens with zero attached hydrogens (tertiary/aromatic N) is 3. The first-order chi connectivity index (χ1) is 30.3. The third kappa shape index (κ3) is 10.8. The van der Waals surface area contributed by atoms with Crippen LogP contribution in [-0.4, -0.2) is 105 Å². The molecule has 3 N–H and O–H groups in total. The van der Waals surface area contributed by atoms with E-state index < -0.39 is 128 Å². The summed E-state index contributed by atoms with van der Waals surface area (Å²) in [5.74, 6) is -9.89. The monoisotopic (exact) mass is 956 g/mol. The fourth-order valence-corrected chi connectivity index (χ4v) is 9.31. The topological polar surface area (TPSA) is 212 Å². The quantitative estimate of drug-likeness (QED) is 0.142. The second-order valence-electron chi connectivity index (χ2n) is 20.0. The minimum absolute atomic E-state index is 0.0265. The summed E-state index contributed by atoms with van der Waals surface area (Å²) in [4.78, 5) is 78.5. The number of rotatable bonds is 9. The molecule has 1 saturated heterocycles. The number of alkyl carbamates (subject to hydrolysis) is 1. The van der Waals surface area contributed by atoms with Gasteiger partial charge in [0.25, 0.3) is 11.8 Å². The number of amides is 4. The summed E-state index contributed by atoms with van der Waals surface area (Å²) in [5.41, 5.74) is -7.12. The number of carbonyl (C=O) groups is 5. The minimum Gasteiger partial charge on any atom is -0.471 e. The third-order valence-corrected chi connectivity index (χ3v) is 14.9. The highest BCUT2D eigenvalue weighted by molar-refractivity contribution is 7.91. The zero-order valence-electron chi connectivity index (χ0n) is 38.2. The molecule has 0 bridgehead atoms. The number of hydrogen-bond acceptors (Lipinski definition) is 12. The van der Waals surface area contributed by atoms with Gasteiger partial charge in [-0.2, -0.15) is 13.2 Å². The molecule has 4 amide bonds. The van der Waals surface area contributed by atoms with E-state index in [0.29, 0.717) is 32.6 Å². The van der Waals surface area contributed by atoms with E-state index in [-0.39, 0.29) is 35.4 Å². The van der Waals surface area contributed by atoms with Crippen LogP contribution in [0, 0.1) is 17.8 Å². The molecule has 2 aromatic rings. The lowest BCUT2D eigenvalue weighted by Gasteiger charge is -2.35. The van der Waals surface area contributed by atoms with Crippen LogP contribution < -0.4 is 20.1 Å². The molecule has 0 spiro atoms. The van der Waals surface area contributed by atoms with Gasteiger partial charge in [-0.15, -0.1) is 0 Å². The number of carbonyl (C=O) groups excluding carboxylic acids is 5. The second-order valence-corrected chi connectivity index (χ2v) is 22.1. The summed E-state index contributed by atoms with van der Waals surface area (Å²) in [6, 6.07) is 0.374. The largest absolute Gasteiger partial charge is 0.471 e. The van der Waals surface area contributed by atoms with Gasteiger partial charge in [-0.3, -0.25) is 19.1 Å². The Morgan fingerprint density at radius 3 is 2.21 bits per heavy atom. The van der Waals surface area contributed by atoms with Gasteiger partial charge < -0.3 is 29.7 Å². The number of sulfonamides is 1. The number of alkyl halides is 5. The minimum atomic E-state index is -5.15. The molecular formula is C44H57F5N6O10S. The van der Waals surface area contributed by atoms with Gasteiger partial charge in [-0.05, 0) is 110 Å². The van der Waals surface area contributed by atoms with Gasteiger partial charge in [0.15, 0.2) is 5.60 Å².